The molecule has 0 aromatic heterocycles. The number of carbonyl (C=O) groups excluding carboxylic acids is 1. The van der Waals surface area contributed by atoms with Gasteiger partial charge in [0.1, 0.15) is 5.84 Å². The molecule has 0 amide bonds. The summed E-state index contributed by atoms with van der Waals surface area (Å²) in [6, 6.07) is 15.6. The van der Waals surface area contributed by atoms with Crippen LogP contribution in [0.5, 0.6) is 11.5 Å². The molecule has 2 atom stereocenters. The highest BCUT2D eigenvalue weighted by Crippen LogP contribution is 2.51. The molecule has 1 unspecified atom stereocenters. The predicted molar refractivity (Wildman–Crippen MR) is 118 cm³/mol. The van der Waals surface area contributed by atoms with E-state index in [9.17, 15) is 10.1 Å². The van der Waals surface area contributed by atoms with Gasteiger partial charge in [-0.3, -0.25) is 9.69 Å². The van der Waals surface area contributed by atoms with Crippen molar-refractivity contribution in [3.63, 3.8) is 0 Å². The van der Waals surface area contributed by atoms with Crippen LogP contribution in [-0.4, -0.2) is 18.4 Å². The van der Waals surface area contributed by atoms with E-state index >= 15 is 0 Å². The summed E-state index contributed by atoms with van der Waals surface area (Å²) < 4.78 is 11.0. The smallest absolute Gasteiger partial charge is 0.231 e. The van der Waals surface area contributed by atoms with Crippen molar-refractivity contribution in [1.82, 2.24) is 0 Å². The molecule has 158 valence electrons. The molecule has 2 N–H and O–H groups in total. The lowest BCUT2D eigenvalue weighted by atomic mass is 9.73. The van der Waals surface area contributed by atoms with Crippen LogP contribution < -0.4 is 20.1 Å². The van der Waals surface area contributed by atoms with Crippen LogP contribution in [0.2, 0.25) is 0 Å². The lowest BCUT2D eigenvalue weighted by molar-refractivity contribution is -0.117. The number of benzene rings is 2. The van der Waals surface area contributed by atoms with E-state index in [0.717, 1.165) is 22.5 Å². The fraction of sp³-hybridized carbons (Fsp3) is 0.240. The fourth-order valence-corrected chi connectivity index (χ4v) is 5.13. The van der Waals surface area contributed by atoms with E-state index in [0.29, 0.717) is 47.1 Å². The minimum Gasteiger partial charge on any atom is -0.454 e. The highest BCUT2D eigenvalue weighted by molar-refractivity contribution is 6.08. The summed E-state index contributed by atoms with van der Waals surface area (Å²) in [6.07, 6.45) is 1.17. The zero-order chi connectivity index (χ0) is 22.0. The van der Waals surface area contributed by atoms with E-state index in [2.05, 4.69) is 18.0 Å². The predicted octanol–water partition coefficient (Wildman–Crippen LogP) is 3.73. The number of para-hydroxylation sites is 1. The van der Waals surface area contributed by atoms with Crippen LogP contribution in [0.25, 0.3) is 0 Å². The van der Waals surface area contributed by atoms with Gasteiger partial charge < -0.3 is 15.2 Å². The third-order valence-corrected chi connectivity index (χ3v) is 6.48. The first-order valence-corrected chi connectivity index (χ1v) is 10.6. The van der Waals surface area contributed by atoms with E-state index in [4.69, 9.17) is 15.2 Å². The summed E-state index contributed by atoms with van der Waals surface area (Å²) in [6.45, 7) is 2.24. The Labute approximate surface area is 185 Å². The number of fused-ring (bicyclic) bond motifs is 5. The molecule has 4 aliphatic rings. The highest BCUT2D eigenvalue weighted by atomic mass is 16.7. The summed E-state index contributed by atoms with van der Waals surface area (Å²) in [5, 5.41) is 10.3. The number of hydrogen-bond donors (Lipinski definition) is 1. The Morgan fingerprint density at radius 1 is 1.16 bits per heavy atom. The largest absolute Gasteiger partial charge is 0.454 e. The second-order valence-electron chi connectivity index (χ2n) is 8.54. The van der Waals surface area contributed by atoms with Crippen LogP contribution in [-0.2, 0) is 4.79 Å². The van der Waals surface area contributed by atoms with Crippen LogP contribution in [0.4, 0.5) is 5.69 Å². The van der Waals surface area contributed by atoms with Gasteiger partial charge >= 0.3 is 0 Å². The van der Waals surface area contributed by atoms with Crippen LogP contribution in [0.3, 0.4) is 0 Å². The second-order valence-corrected chi connectivity index (χ2v) is 8.54. The molecule has 6 rings (SSSR count). The van der Waals surface area contributed by atoms with Crippen molar-refractivity contribution in [3.8, 4) is 17.6 Å². The molecular formula is C25H20N4O3. The standard InChI is InChI=1S/C25H20N4O3/c1-13-8-18-23(19(30)9-13)22(14-6-7-20-21(10-14)32-12-31-20)16(11-26)25-28-24(27)15-4-2-3-5-17(15)29(18)25/h2-7,10,13,22H,8-9,12H2,1H3,(H2,27,28)/t13-,22?/m1/s1. The van der Waals surface area contributed by atoms with E-state index in [1.54, 1.807) is 0 Å². The summed E-state index contributed by atoms with van der Waals surface area (Å²) >= 11 is 0. The quantitative estimate of drug-likeness (QED) is 0.749. The van der Waals surface area contributed by atoms with Gasteiger partial charge in [0, 0.05) is 23.3 Å². The number of allylic oxidation sites excluding steroid dienone is 3. The molecule has 0 radical (unpaired) electrons. The molecule has 7 heteroatoms. The molecule has 3 aliphatic heterocycles. The summed E-state index contributed by atoms with van der Waals surface area (Å²) in [7, 11) is 0. The van der Waals surface area contributed by atoms with Gasteiger partial charge in [-0.15, -0.1) is 0 Å². The first-order chi connectivity index (χ1) is 15.6. The zero-order valence-electron chi connectivity index (χ0n) is 17.5. The van der Waals surface area contributed by atoms with Crippen LogP contribution in [0.1, 0.15) is 36.8 Å². The second kappa shape index (κ2) is 6.72. The molecule has 32 heavy (non-hydrogen) atoms. The Hall–Kier alpha value is -4.05. The average molecular weight is 424 g/mol. The van der Waals surface area contributed by atoms with Crippen molar-refractivity contribution in [2.24, 2.45) is 16.6 Å². The molecule has 0 spiro atoms. The molecule has 7 nitrogen and oxygen atoms in total. The molecule has 0 saturated carbocycles. The minimum absolute atomic E-state index is 0.0632. The van der Waals surface area contributed by atoms with E-state index in [1.807, 2.05) is 47.4 Å². The lowest BCUT2D eigenvalue weighted by Crippen LogP contribution is -2.40. The van der Waals surface area contributed by atoms with Crippen LogP contribution >= 0.6 is 0 Å². The highest BCUT2D eigenvalue weighted by Gasteiger charge is 2.44. The maximum Gasteiger partial charge on any atom is 0.231 e. The van der Waals surface area contributed by atoms with Crippen LogP contribution in [0.15, 0.2) is 70.1 Å². The van der Waals surface area contributed by atoms with Gasteiger partial charge in [-0.2, -0.15) is 5.26 Å². The number of ketones is 1. The Morgan fingerprint density at radius 2 is 1.97 bits per heavy atom. The fourth-order valence-electron chi connectivity index (χ4n) is 5.13. The molecule has 0 bridgehead atoms. The monoisotopic (exact) mass is 424 g/mol. The third kappa shape index (κ3) is 2.53. The van der Waals surface area contributed by atoms with Gasteiger partial charge in [0.15, 0.2) is 23.1 Å². The topological polar surface area (TPSA) is 101 Å². The van der Waals surface area contributed by atoms with Crippen molar-refractivity contribution in [1.29, 1.82) is 5.26 Å². The Kier molecular flexibility index (Phi) is 3.93. The molecule has 0 saturated heterocycles. The maximum atomic E-state index is 13.4. The molecule has 3 heterocycles. The Balaban J connectivity index is 1.64. The number of anilines is 1. The van der Waals surface area contributed by atoms with Crippen molar-refractivity contribution >= 4 is 17.3 Å². The first kappa shape index (κ1) is 18.7. The number of nitrogens with two attached hydrogens (primary N) is 1. The number of nitriles is 1. The number of hydrogen-bond acceptors (Lipinski definition) is 7. The number of ether oxygens (including phenoxy) is 2. The van der Waals surface area contributed by atoms with E-state index in [-0.39, 0.29) is 18.5 Å². The number of rotatable bonds is 1. The van der Waals surface area contributed by atoms with Gasteiger partial charge in [-0.25, -0.2) is 4.99 Å². The Morgan fingerprint density at radius 3 is 2.81 bits per heavy atom. The van der Waals surface area contributed by atoms with Gasteiger partial charge in [0.05, 0.1) is 23.2 Å². The molecular weight excluding hydrogens is 404 g/mol. The molecule has 1 aliphatic carbocycles. The minimum atomic E-state index is -0.530. The average Bonchev–Trinajstić information content (AvgIpc) is 3.26. The van der Waals surface area contributed by atoms with Gasteiger partial charge in [0.2, 0.25) is 6.79 Å². The summed E-state index contributed by atoms with van der Waals surface area (Å²) in [5.41, 5.74) is 10.7. The lowest BCUT2D eigenvalue weighted by Gasteiger charge is -2.43. The van der Waals surface area contributed by atoms with Gasteiger partial charge in [0.25, 0.3) is 0 Å². The van der Waals surface area contributed by atoms with Crippen molar-refractivity contribution in [3.05, 3.63) is 76.3 Å². The Bertz CT molecular complexity index is 1330. The number of carbonyl (C=O) groups is 1. The molecule has 2 aromatic carbocycles. The molecule has 0 fully saturated rings. The first-order valence-electron chi connectivity index (χ1n) is 10.6. The zero-order valence-corrected chi connectivity index (χ0v) is 17.5. The maximum absolute atomic E-state index is 13.4. The number of aliphatic imine (C=N–C) groups is 1. The number of amidine groups is 1. The van der Waals surface area contributed by atoms with Gasteiger partial charge in [-0.05, 0) is 42.2 Å². The molecule has 2 aromatic rings. The van der Waals surface area contributed by atoms with Crippen molar-refractivity contribution in [2.75, 3.05) is 11.7 Å². The van der Waals surface area contributed by atoms with Crippen molar-refractivity contribution in [2.45, 2.75) is 25.7 Å². The van der Waals surface area contributed by atoms with Gasteiger partial charge in [-0.1, -0.05) is 25.1 Å². The summed E-state index contributed by atoms with van der Waals surface area (Å²) in [5.74, 6) is 1.85. The number of Topliss-reactive ketones (excluding diaryl/α,β-unsaturated/α-hetero) is 1. The van der Waals surface area contributed by atoms with E-state index in [1.165, 1.54) is 0 Å². The normalized spacial score (nSPS) is 23.3. The van der Waals surface area contributed by atoms with E-state index < -0.39 is 5.92 Å². The SMILES string of the molecule is C[C@H]1CC(=O)C2=C(C1)N1C(=C(C#N)C2c2ccc3c(c2)OCO3)N=C(N)c2ccccc21. The summed E-state index contributed by atoms with van der Waals surface area (Å²) in [4.78, 5) is 20.1. The van der Waals surface area contributed by atoms with Crippen molar-refractivity contribution < 1.29 is 14.3 Å². The van der Waals surface area contributed by atoms with Crippen LogP contribution in [0, 0.1) is 17.2 Å². The third-order valence-electron chi connectivity index (χ3n) is 6.48. The number of nitrogens with zero attached hydrogens (tertiary/aromatic N) is 3.